The zero-order valence-electron chi connectivity index (χ0n) is 11.9. The van der Waals surface area contributed by atoms with Gasteiger partial charge in [-0.15, -0.1) is 0 Å². The summed E-state index contributed by atoms with van der Waals surface area (Å²) in [5.74, 6) is -0.834. The maximum absolute atomic E-state index is 11.3. The van der Waals surface area contributed by atoms with Crippen molar-refractivity contribution >= 4 is 11.7 Å². The summed E-state index contributed by atoms with van der Waals surface area (Å²) < 4.78 is 0. The van der Waals surface area contributed by atoms with Crippen molar-refractivity contribution in [1.82, 2.24) is 0 Å². The molecule has 1 aromatic rings. The highest BCUT2D eigenvalue weighted by Gasteiger charge is 2.42. The molecule has 1 fully saturated rings. The molecule has 1 aliphatic rings. The van der Waals surface area contributed by atoms with E-state index < -0.39 is 5.97 Å². The number of para-hydroxylation sites is 1. The Hall–Kier alpha value is -1.51. The van der Waals surface area contributed by atoms with Crippen LogP contribution in [0.15, 0.2) is 24.3 Å². The predicted molar refractivity (Wildman–Crippen MR) is 77.9 cm³/mol. The van der Waals surface area contributed by atoms with E-state index in [4.69, 9.17) is 0 Å². The Bertz CT molecular complexity index is 442. The number of carbonyl (C=O) groups is 1. The Morgan fingerprint density at radius 1 is 1.21 bits per heavy atom. The number of aromatic carboxylic acids is 1. The van der Waals surface area contributed by atoms with Gasteiger partial charge in [0.1, 0.15) is 0 Å². The average molecular weight is 261 g/mol. The van der Waals surface area contributed by atoms with Crippen molar-refractivity contribution in [2.45, 2.75) is 39.5 Å². The van der Waals surface area contributed by atoms with E-state index >= 15 is 0 Å². The fourth-order valence-corrected chi connectivity index (χ4v) is 3.37. The highest BCUT2D eigenvalue weighted by molar-refractivity contribution is 5.94. The van der Waals surface area contributed by atoms with E-state index in [1.165, 1.54) is 25.7 Å². The van der Waals surface area contributed by atoms with Gasteiger partial charge in [0.05, 0.1) is 11.3 Å². The second kappa shape index (κ2) is 5.64. The number of hydrogen-bond donors (Lipinski definition) is 1. The monoisotopic (exact) mass is 261 g/mol. The summed E-state index contributed by atoms with van der Waals surface area (Å²) in [6, 6.07) is 7.32. The third-order valence-corrected chi connectivity index (χ3v) is 4.09. The summed E-state index contributed by atoms with van der Waals surface area (Å²) in [7, 11) is 0. The molecule has 0 aliphatic carbocycles. The summed E-state index contributed by atoms with van der Waals surface area (Å²) >= 11 is 0. The van der Waals surface area contributed by atoms with Gasteiger partial charge >= 0.3 is 5.97 Å². The van der Waals surface area contributed by atoms with E-state index in [9.17, 15) is 9.90 Å². The van der Waals surface area contributed by atoms with Crippen LogP contribution in [0.1, 0.15) is 49.9 Å². The van der Waals surface area contributed by atoms with Crippen molar-refractivity contribution in [2.75, 3.05) is 18.0 Å². The normalized spacial score (nSPS) is 17.1. The first-order valence-corrected chi connectivity index (χ1v) is 7.19. The van der Waals surface area contributed by atoms with Gasteiger partial charge in [-0.3, -0.25) is 0 Å². The van der Waals surface area contributed by atoms with E-state index in [1.54, 1.807) is 12.1 Å². The second-order valence-electron chi connectivity index (χ2n) is 5.68. The third-order valence-electron chi connectivity index (χ3n) is 4.09. The summed E-state index contributed by atoms with van der Waals surface area (Å²) in [5, 5.41) is 9.24. The van der Waals surface area contributed by atoms with Gasteiger partial charge in [0.25, 0.3) is 0 Å². The Labute approximate surface area is 115 Å². The smallest absolute Gasteiger partial charge is 0.337 e. The molecule has 0 aromatic heterocycles. The van der Waals surface area contributed by atoms with Crippen LogP contribution in [0.5, 0.6) is 0 Å². The minimum absolute atomic E-state index is 0.412. The number of benzene rings is 1. The van der Waals surface area contributed by atoms with Gasteiger partial charge < -0.3 is 10.0 Å². The number of anilines is 1. The van der Waals surface area contributed by atoms with Gasteiger partial charge in [0, 0.05) is 18.5 Å². The zero-order valence-corrected chi connectivity index (χ0v) is 11.9. The van der Waals surface area contributed by atoms with Crippen LogP contribution in [0, 0.1) is 5.41 Å². The Morgan fingerprint density at radius 2 is 1.79 bits per heavy atom. The molecule has 1 N–H and O–H groups in total. The molecule has 0 atom stereocenters. The van der Waals surface area contributed by atoms with Crippen molar-refractivity contribution in [1.29, 1.82) is 0 Å². The van der Waals surface area contributed by atoms with E-state index in [0.29, 0.717) is 11.0 Å². The first-order valence-electron chi connectivity index (χ1n) is 7.19. The number of carboxylic acid groups (broad SMARTS) is 1. The van der Waals surface area contributed by atoms with E-state index in [-0.39, 0.29) is 0 Å². The summed E-state index contributed by atoms with van der Waals surface area (Å²) in [4.78, 5) is 13.5. The standard InChI is InChI=1S/C16H23NO2/c1-3-9-16(10-4-2)11-17(12-16)14-8-6-5-7-13(14)15(18)19/h5-8H,3-4,9-12H2,1-2H3,(H,18,19). The molecule has 0 saturated carbocycles. The van der Waals surface area contributed by atoms with Crippen LogP contribution >= 0.6 is 0 Å². The second-order valence-corrected chi connectivity index (χ2v) is 5.68. The van der Waals surface area contributed by atoms with Gasteiger partial charge in [0.2, 0.25) is 0 Å². The van der Waals surface area contributed by atoms with Crippen LogP contribution in [-0.4, -0.2) is 24.2 Å². The Kier molecular flexibility index (Phi) is 4.13. The molecule has 3 heteroatoms. The number of nitrogens with zero attached hydrogens (tertiary/aromatic N) is 1. The lowest BCUT2D eigenvalue weighted by atomic mass is 9.72. The molecule has 19 heavy (non-hydrogen) atoms. The molecule has 1 heterocycles. The minimum Gasteiger partial charge on any atom is -0.478 e. The molecule has 104 valence electrons. The Balaban J connectivity index is 2.13. The topological polar surface area (TPSA) is 40.5 Å². The van der Waals surface area contributed by atoms with Crippen molar-refractivity contribution in [3.05, 3.63) is 29.8 Å². The molecule has 1 aromatic carbocycles. The third kappa shape index (κ3) is 2.75. The van der Waals surface area contributed by atoms with Gasteiger partial charge in [0.15, 0.2) is 0 Å². The highest BCUT2D eigenvalue weighted by atomic mass is 16.4. The fraction of sp³-hybridized carbons (Fsp3) is 0.562. The lowest BCUT2D eigenvalue weighted by Crippen LogP contribution is -2.56. The van der Waals surface area contributed by atoms with Crippen LogP contribution in [-0.2, 0) is 0 Å². The molecular formula is C16H23NO2. The molecule has 3 nitrogen and oxygen atoms in total. The number of carboxylic acids is 1. The van der Waals surface area contributed by atoms with Crippen LogP contribution in [0.3, 0.4) is 0 Å². The Morgan fingerprint density at radius 3 is 2.32 bits per heavy atom. The number of hydrogen-bond acceptors (Lipinski definition) is 2. The first-order chi connectivity index (χ1) is 9.12. The van der Waals surface area contributed by atoms with Crippen molar-refractivity contribution in [3.63, 3.8) is 0 Å². The number of rotatable bonds is 6. The molecule has 1 saturated heterocycles. The molecule has 0 amide bonds. The molecule has 0 unspecified atom stereocenters. The average Bonchev–Trinajstić information content (AvgIpc) is 2.35. The van der Waals surface area contributed by atoms with Crippen LogP contribution in [0.25, 0.3) is 0 Å². The van der Waals surface area contributed by atoms with Gasteiger partial charge in [-0.2, -0.15) is 0 Å². The SMILES string of the molecule is CCCC1(CCC)CN(c2ccccc2C(=O)O)C1. The molecule has 0 bridgehead atoms. The highest BCUT2D eigenvalue weighted by Crippen LogP contribution is 2.42. The quantitative estimate of drug-likeness (QED) is 0.847. The van der Waals surface area contributed by atoms with E-state index in [1.807, 2.05) is 12.1 Å². The van der Waals surface area contributed by atoms with E-state index in [2.05, 4.69) is 18.7 Å². The van der Waals surface area contributed by atoms with Gasteiger partial charge in [-0.25, -0.2) is 4.79 Å². The largest absolute Gasteiger partial charge is 0.478 e. The lowest BCUT2D eigenvalue weighted by Gasteiger charge is -2.52. The minimum atomic E-state index is -0.834. The van der Waals surface area contributed by atoms with Crippen molar-refractivity contribution in [2.24, 2.45) is 5.41 Å². The summed E-state index contributed by atoms with van der Waals surface area (Å²) in [6.45, 7) is 6.45. The van der Waals surface area contributed by atoms with Crippen LogP contribution in [0.4, 0.5) is 5.69 Å². The first kappa shape index (κ1) is 13.9. The molecule has 2 rings (SSSR count). The maximum Gasteiger partial charge on any atom is 0.337 e. The van der Waals surface area contributed by atoms with Gasteiger partial charge in [-0.1, -0.05) is 38.8 Å². The predicted octanol–water partition coefficient (Wildman–Crippen LogP) is 3.79. The molecule has 0 spiro atoms. The lowest BCUT2D eigenvalue weighted by molar-refractivity contribution is 0.0696. The van der Waals surface area contributed by atoms with Crippen molar-refractivity contribution < 1.29 is 9.90 Å². The molecule has 1 aliphatic heterocycles. The summed E-state index contributed by atoms with van der Waals surface area (Å²) in [6.07, 6.45) is 4.89. The molecular weight excluding hydrogens is 238 g/mol. The summed E-state index contributed by atoms with van der Waals surface area (Å²) in [5.41, 5.74) is 1.71. The zero-order chi connectivity index (χ0) is 13.9. The van der Waals surface area contributed by atoms with Crippen molar-refractivity contribution in [3.8, 4) is 0 Å². The van der Waals surface area contributed by atoms with E-state index in [0.717, 1.165) is 18.8 Å². The molecule has 0 radical (unpaired) electrons. The maximum atomic E-state index is 11.3. The van der Waals surface area contributed by atoms with Crippen LogP contribution in [0.2, 0.25) is 0 Å². The fourth-order valence-electron chi connectivity index (χ4n) is 3.37. The van der Waals surface area contributed by atoms with Gasteiger partial charge in [-0.05, 0) is 25.0 Å². The van der Waals surface area contributed by atoms with Crippen LogP contribution < -0.4 is 4.90 Å².